The van der Waals surface area contributed by atoms with Gasteiger partial charge in [-0.15, -0.1) is 11.3 Å². The van der Waals surface area contributed by atoms with Crippen molar-refractivity contribution < 1.29 is 4.42 Å². The van der Waals surface area contributed by atoms with E-state index in [4.69, 9.17) is 16.0 Å². The van der Waals surface area contributed by atoms with E-state index in [0.717, 1.165) is 21.5 Å². The van der Waals surface area contributed by atoms with Gasteiger partial charge >= 0.3 is 0 Å². The summed E-state index contributed by atoms with van der Waals surface area (Å²) in [4.78, 5) is 4.30. The van der Waals surface area contributed by atoms with Crippen LogP contribution in [0.3, 0.4) is 0 Å². The van der Waals surface area contributed by atoms with Crippen LogP contribution in [-0.4, -0.2) is 4.98 Å². The van der Waals surface area contributed by atoms with Crippen LogP contribution in [0, 0.1) is 0 Å². The lowest BCUT2D eigenvalue weighted by Crippen LogP contribution is -2.17. The zero-order valence-corrected chi connectivity index (χ0v) is 12.0. The molecule has 0 spiro atoms. The van der Waals surface area contributed by atoms with Gasteiger partial charge in [0.1, 0.15) is 10.6 Å². The highest BCUT2D eigenvalue weighted by molar-refractivity contribution is 7.09. The number of aromatic nitrogens is 1. The molecule has 0 saturated carbocycles. The van der Waals surface area contributed by atoms with Gasteiger partial charge in [-0.2, -0.15) is 0 Å². The molecule has 0 radical (unpaired) electrons. The van der Waals surface area contributed by atoms with Gasteiger partial charge in [-0.3, -0.25) is 0 Å². The zero-order chi connectivity index (χ0) is 13.2. The van der Waals surface area contributed by atoms with Gasteiger partial charge in [-0.05, 0) is 24.6 Å². The van der Waals surface area contributed by atoms with E-state index in [9.17, 15) is 0 Å². The van der Waals surface area contributed by atoms with Crippen molar-refractivity contribution in [2.45, 2.75) is 19.5 Å². The minimum absolute atomic E-state index is 0.199. The van der Waals surface area contributed by atoms with Gasteiger partial charge < -0.3 is 9.73 Å². The first-order valence-corrected chi connectivity index (χ1v) is 7.30. The van der Waals surface area contributed by atoms with E-state index in [1.165, 1.54) is 0 Å². The summed E-state index contributed by atoms with van der Waals surface area (Å²) < 4.78 is 5.53. The average molecular weight is 293 g/mol. The molecule has 0 fully saturated rings. The molecule has 19 heavy (non-hydrogen) atoms. The Kier molecular flexibility index (Phi) is 3.55. The van der Waals surface area contributed by atoms with E-state index in [0.29, 0.717) is 11.8 Å². The minimum atomic E-state index is 0.199. The number of halogens is 1. The van der Waals surface area contributed by atoms with Crippen molar-refractivity contribution in [3.05, 3.63) is 51.6 Å². The molecule has 2 aromatic heterocycles. The summed E-state index contributed by atoms with van der Waals surface area (Å²) in [5.41, 5.74) is 1.83. The molecule has 0 aliphatic carbocycles. The smallest absolute Gasteiger partial charge is 0.199 e. The molecule has 3 rings (SSSR count). The molecule has 0 saturated heterocycles. The third-order valence-corrected chi connectivity index (χ3v) is 4.32. The SMILES string of the molecule is CC(NCc1c(Cl)oc2ccccc12)c1nccs1. The Morgan fingerprint density at radius 3 is 3.05 bits per heavy atom. The van der Waals surface area contributed by atoms with E-state index < -0.39 is 0 Å². The summed E-state index contributed by atoms with van der Waals surface area (Å²) in [6.45, 7) is 2.76. The van der Waals surface area contributed by atoms with Crippen LogP contribution in [0.5, 0.6) is 0 Å². The molecule has 5 heteroatoms. The Bertz CT molecular complexity index is 678. The number of rotatable bonds is 4. The first-order valence-electron chi connectivity index (χ1n) is 6.04. The van der Waals surface area contributed by atoms with Crippen molar-refractivity contribution in [1.82, 2.24) is 10.3 Å². The van der Waals surface area contributed by atoms with Crippen molar-refractivity contribution >= 4 is 33.9 Å². The molecule has 0 bridgehead atoms. The summed E-state index contributed by atoms with van der Waals surface area (Å²) in [5, 5.41) is 8.00. The van der Waals surface area contributed by atoms with Crippen LogP contribution in [0.4, 0.5) is 0 Å². The molecule has 1 unspecified atom stereocenters. The second kappa shape index (κ2) is 5.33. The van der Waals surface area contributed by atoms with Crippen LogP contribution in [0.15, 0.2) is 40.3 Å². The Labute approximate surface area is 120 Å². The van der Waals surface area contributed by atoms with Crippen molar-refractivity contribution in [2.24, 2.45) is 0 Å². The summed E-state index contributed by atoms with van der Waals surface area (Å²) in [6, 6.07) is 8.08. The third-order valence-electron chi connectivity index (χ3n) is 3.06. The molecule has 3 aromatic rings. The van der Waals surface area contributed by atoms with Crippen LogP contribution in [0.25, 0.3) is 11.0 Å². The Hall–Kier alpha value is -1.36. The van der Waals surface area contributed by atoms with Crippen molar-refractivity contribution in [2.75, 3.05) is 0 Å². The quantitative estimate of drug-likeness (QED) is 0.775. The molecule has 3 nitrogen and oxygen atoms in total. The molecule has 1 atom stereocenters. The second-order valence-corrected chi connectivity index (χ2v) is 5.59. The van der Waals surface area contributed by atoms with Gasteiger partial charge in [-0.25, -0.2) is 4.98 Å². The maximum atomic E-state index is 6.16. The van der Waals surface area contributed by atoms with Gasteiger partial charge in [0.2, 0.25) is 0 Å². The van der Waals surface area contributed by atoms with Crippen LogP contribution >= 0.6 is 22.9 Å². The molecule has 0 amide bonds. The van der Waals surface area contributed by atoms with Gasteiger partial charge in [0.25, 0.3) is 0 Å². The molecule has 98 valence electrons. The maximum absolute atomic E-state index is 6.16. The maximum Gasteiger partial charge on any atom is 0.199 e. The number of hydrogen-bond acceptors (Lipinski definition) is 4. The number of hydrogen-bond donors (Lipinski definition) is 1. The Morgan fingerprint density at radius 1 is 1.42 bits per heavy atom. The monoisotopic (exact) mass is 292 g/mol. The first-order chi connectivity index (χ1) is 9.25. The van der Waals surface area contributed by atoms with Crippen molar-refractivity contribution in [1.29, 1.82) is 0 Å². The Morgan fingerprint density at radius 2 is 2.26 bits per heavy atom. The lowest BCUT2D eigenvalue weighted by atomic mass is 10.1. The van der Waals surface area contributed by atoms with Crippen LogP contribution in [0.2, 0.25) is 5.22 Å². The molecule has 0 aliphatic heterocycles. The summed E-state index contributed by atoms with van der Waals surface area (Å²) >= 11 is 7.80. The fourth-order valence-corrected chi connectivity index (χ4v) is 2.95. The van der Waals surface area contributed by atoms with E-state index in [1.54, 1.807) is 11.3 Å². The molecule has 1 aromatic carbocycles. The van der Waals surface area contributed by atoms with Gasteiger partial charge in [0.15, 0.2) is 5.22 Å². The molecule has 1 N–H and O–H groups in total. The number of nitrogens with one attached hydrogen (secondary N) is 1. The van der Waals surface area contributed by atoms with Crippen LogP contribution in [0.1, 0.15) is 23.5 Å². The normalized spacial score (nSPS) is 12.9. The molecule has 2 heterocycles. The van der Waals surface area contributed by atoms with Gasteiger partial charge in [0.05, 0.1) is 6.04 Å². The fourth-order valence-electron chi connectivity index (χ4n) is 2.02. The Balaban J connectivity index is 1.80. The zero-order valence-electron chi connectivity index (χ0n) is 10.4. The standard InChI is InChI=1S/C14H13ClN2OS/c1-9(14-16-6-7-19-14)17-8-11-10-4-2-3-5-12(10)18-13(11)15/h2-7,9,17H,8H2,1H3. The highest BCUT2D eigenvalue weighted by Gasteiger charge is 2.14. The van der Waals surface area contributed by atoms with E-state index in [-0.39, 0.29) is 6.04 Å². The van der Waals surface area contributed by atoms with E-state index in [1.807, 2.05) is 35.8 Å². The van der Waals surface area contributed by atoms with Gasteiger partial charge in [0, 0.05) is 29.1 Å². The van der Waals surface area contributed by atoms with E-state index >= 15 is 0 Å². The summed E-state index contributed by atoms with van der Waals surface area (Å²) in [6.07, 6.45) is 1.82. The average Bonchev–Trinajstić information content (AvgIpc) is 3.03. The number of nitrogens with zero attached hydrogens (tertiary/aromatic N) is 1. The lowest BCUT2D eigenvalue weighted by molar-refractivity contribution is 0.561. The minimum Gasteiger partial charge on any atom is -0.444 e. The predicted octanol–water partition coefficient (Wildman–Crippen LogP) is 4.39. The van der Waals surface area contributed by atoms with Gasteiger partial charge in [-0.1, -0.05) is 18.2 Å². The van der Waals surface area contributed by atoms with E-state index in [2.05, 4.69) is 17.2 Å². The lowest BCUT2D eigenvalue weighted by Gasteiger charge is -2.10. The highest BCUT2D eigenvalue weighted by Crippen LogP contribution is 2.30. The van der Waals surface area contributed by atoms with Crippen LogP contribution < -0.4 is 5.32 Å². The summed E-state index contributed by atoms with van der Waals surface area (Å²) in [5.74, 6) is 0. The number of furan rings is 1. The van der Waals surface area contributed by atoms with Crippen molar-refractivity contribution in [3.8, 4) is 0 Å². The van der Waals surface area contributed by atoms with Crippen LogP contribution in [-0.2, 0) is 6.54 Å². The number of para-hydroxylation sites is 1. The third kappa shape index (κ3) is 2.52. The molecular formula is C14H13ClN2OS. The number of fused-ring (bicyclic) bond motifs is 1. The second-order valence-electron chi connectivity index (χ2n) is 4.32. The number of benzene rings is 1. The fraction of sp³-hybridized carbons (Fsp3) is 0.214. The molecule has 0 aliphatic rings. The first kappa shape index (κ1) is 12.7. The predicted molar refractivity (Wildman–Crippen MR) is 78.6 cm³/mol. The van der Waals surface area contributed by atoms with Crippen molar-refractivity contribution in [3.63, 3.8) is 0 Å². The highest BCUT2D eigenvalue weighted by atomic mass is 35.5. The molecular weight excluding hydrogens is 280 g/mol. The number of thiazole rings is 1. The largest absolute Gasteiger partial charge is 0.444 e. The topological polar surface area (TPSA) is 38.1 Å². The summed E-state index contributed by atoms with van der Waals surface area (Å²) in [7, 11) is 0.